The fraction of sp³-hybridized carbons (Fsp3) is 0.278. The zero-order chi connectivity index (χ0) is 18.4. The molecule has 0 spiro atoms. The van der Waals surface area contributed by atoms with E-state index in [1.807, 2.05) is 10.7 Å². The number of hydrogen-bond acceptors (Lipinski definition) is 3. The lowest BCUT2D eigenvalue weighted by Gasteiger charge is -2.17. The fourth-order valence-corrected chi connectivity index (χ4v) is 4.65. The van der Waals surface area contributed by atoms with Crippen LogP contribution in [0, 0.1) is 5.82 Å². The standard InChI is InChI=1S/C18H14BrF3N2OS/c1-26-14-6-10(9-4-2-3-5-13(9)25-18(21)22)17-16(14)23-15-7-12(20)11(19)8-24(15)17/h2-5,7-8,10,14,18H,6H2,1H3/t10?,14-/m1/s1. The van der Waals surface area contributed by atoms with E-state index in [4.69, 9.17) is 4.74 Å². The molecule has 1 aliphatic carbocycles. The number of imidazole rings is 1. The van der Waals surface area contributed by atoms with Crippen LogP contribution in [0.15, 0.2) is 41.0 Å². The largest absolute Gasteiger partial charge is 0.435 e. The highest BCUT2D eigenvalue weighted by atomic mass is 79.9. The predicted octanol–water partition coefficient (Wildman–Crippen LogP) is 5.78. The second kappa shape index (κ2) is 6.81. The third kappa shape index (κ3) is 2.89. The minimum absolute atomic E-state index is 0.108. The van der Waals surface area contributed by atoms with Gasteiger partial charge in [0.05, 0.1) is 15.9 Å². The molecule has 2 heterocycles. The number of pyridine rings is 1. The Kier molecular flexibility index (Phi) is 4.64. The number of aromatic nitrogens is 2. The van der Waals surface area contributed by atoms with Crippen molar-refractivity contribution in [3.63, 3.8) is 0 Å². The first-order chi connectivity index (χ1) is 12.5. The molecular weight excluding hydrogens is 429 g/mol. The lowest BCUT2D eigenvalue weighted by molar-refractivity contribution is -0.0505. The number of rotatable bonds is 4. The maximum absolute atomic E-state index is 13.9. The summed E-state index contributed by atoms with van der Waals surface area (Å²) in [6.45, 7) is -2.89. The van der Waals surface area contributed by atoms with Crippen LogP contribution in [0.1, 0.15) is 34.5 Å². The van der Waals surface area contributed by atoms with Crippen molar-refractivity contribution in [2.24, 2.45) is 0 Å². The summed E-state index contributed by atoms with van der Waals surface area (Å²) < 4.78 is 46.5. The van der Waals surface area contributed by atoms with E-state index >= 15 is 0 Å². The van der Waals surface area contributed by atoms with Gasteiger partial charge in [-0.3, -0.25) is 0 Å². The van der Waals surface area contributed by atoms with Gasteiger partial charge in [0.2, 0.25) is 0 Å². The van der Waals surface area contributed by atoms with Gasteiger partial charge in [0.1, 0.15) is 17.2 Å². The van der Waals surface area contributed by atoms with Gasteiger partial charge < -0.3 is 9.14 Å². The molecule has 0 aliphatic heterocycles. The second-order valence-corrected chi connectivity index (χ2v) is 7.90. The van der Waals surface area contributed by atoms with Crippen LogP contribution in [0.3, 0.4) is 0 Å². The number of para-hydroxylation sites is 1. The minimum atomic E-state index is -2.89. The van der Waals surface area contributed by atoms with Gasteiger partial charge in [0.25, 0.3) is 0 Å². The van der Waals surface area contributed by atoms with E-state index in [1.165, 1.54) is 6.07 Å². The molecule has 1 unspecified atom stereocenters. The molecular formula is C18H14BrF3N2OS. The molecule has 1 aromatic carbocycles. The Labute approximate surface area is 160 Å². The normalized spacial score (nSPS) is 19.3. The van der Waals surface area contributed by atoms with Crippen LogP contribution in [0.4, 0.5) is 13.2 Å². The van der Waals surface area contributed by atoms with E-state index in [2.05, 4.69) is 20.9 Å². The van der Waals surface area contributed by atoms with Crippen molar-refractivity contribution in [3.05, 3.63) is 63.8 Å². The van der Waals surface area contributed by atoms with Gasteiger partial charge in [-0.1, -0.05) is 18.2 Å². The number of hydrogen-bond donors (Lipinski definition) is 0. The van der Waals surface area contributed by atoms with E-state index in [0.717, 1.165) is 17.8 Å². The van der Waals surface area contributed by atoms with Crippen LogP contribution in [-0.2, 0) is 0 Å². The summed E-state index contributed by atoms with van der Waals surface area (Å²) in [5.74, 6) is -0.388. The van der Waals surface area contributed by atoms with Gasteiger partial charge in [0.15, 0.2) is 0 Å². The fourth-order valence-electron chi connectivity index (χ4n) is 3.55. The molecule has 0 radical (unpaired) electrons. The summed E-state index contributed by atoms with van der Waals surface area (Å²) in [5, 5.41) is 0.108. The lowest BCUT2D eigenvalue weighted by Crippen LogP contribution is -2.08. The number of alkyl halides is 2. The Morgan fingerprint density at radius 1 is 1.35 bits per heavy atom. The topological polar surface area (TPSA) is 26.5 Å². The zero-order valence-corrected chi connectivity index (χ0v) is 16.0. The quantitative estimate of drug-likeness (QED) is 0.512. The Bertz CT molecular complexity index is 978. The number of benzene rings is 1. The smallest absolute Gasteiger partial charge is 0.387 e. The molecule has 3 nitrogen and oxygen atoms in total. The van der Waals surface area contributed by atoms with Crippen molar-refractivity contribution in [1.29, 1.82) is 0 Å². The Morgan fingerprint density at radius 2 is 2.12 bits per heavy atom. The molecule has 0 fully saturated rings. The molecule has 2 atom stereocenters. The Balaban J connectivity index is 1.91. The number of thioether (sulfide) groups is 1. The van der Waals surface area contributed by atoms with E-state index < -0.39 is 6.61 Å². The van der Waals surface area contributed by atoms with Crippen LogP contribution in [-0.4, -0.2) is 22.3 Å². The van der Waals surface area contributed by atoms with E-state index in [1.54, 1.807) is 42.2 Å². The van der Waals surface area contributed by atoms with Crippen molar-refractivity contribution in [2.45, 2.75) is 24.2 Å². The van der Waals surface area contributed by atoms with Crippen LogP contribution in [0.25, 0.3) is 5.65 Å². The van der Waals surface area contributed by atoms with E-state index in [9.17, 15) is 13.2 Å². The monoisotopic (exact) mass is 442 g/mol. The first-order valence-corrected chi connectivity index (χ1v) is 10.0. The third-order valence-corrected chi connectivity index (χ3v) is 6.18. The van der Waals surface area contributed by atoms with Gasteiger partial charge in [-0.2, -0.15) is 20.5 Å². The summed E-state index contributed by atoms with van der Waals surface area (Å²) in [7, 11) is 0. The molecule has 0 N–H and O–H groups in total. The van der Waals surface area contributed by atoms with E-state index in [0.29, 0.717) is 15.7 Å². The molecule has 4 rings (SSSR count). The minimum Gasteiger partial charge on any atom is -0.435 e. The summed E-state index contributed by atoms with van der Waals surface area (Å²) >= 11 is 4.86. The van der Waals surface area contributed by atoms with E-state index in [-0.39, 0.29) is 22.7 Å². The van der Waals surface area contributed by atoms with Crippen LogP contribution >= 0.6 is 27.7 Å². The summed E-state index contributed by atoms with van der Waals surface area (Å²) in [4.78, 5) is 4.61. The molecule has 1 aliphatic rings. The number of nitrogens with zero attached hydrogens (tertiary/aromatic N) is 2. The summed E-state index contributed by atoms with van der Waals surface area (Å²) in [5.41, 5.74) is 2.96. The average Bonchev–Trinajstić information content (AvgIpc) is 3.12. The highest BCUT2D eigenvalue weighted by Crippen LogP contribution is 2.51. The first-order valence-electron chi connectivity index (χ1n) is 7.93. The molecule has 0 bridgehead atoms. The number of ether oxygens (including phenoxy) is 1. The van der Waals surface area contributed by atoms with Gasteiger partial charge in [-0.05, 0) is 34.7 Å². The van der Waals surface area contributed by atoms with Gasteiger partial charge >= 0.3 is 6.61 Å². The van der Waals surface area contributed by atoms with Gasteiger partial charge in [-0.15, -0.1) is 0 Å². The average molecular weight is 443 g/mol. The lowest BCUT2D eigenvalue weighted by atomic mass is 9.95. The van der Waals surface area contributed by atoms with Crippen molar-refractivity contribution in [2.75, 3.05) is 6.26 Å². The summed E-state index contributed by atoms with van der Waals surface area (Å²) in [6, 6.07) is 8.19. The highest BCUT2D eigenvalue weighted by molar-refractivity contribution is 9.10. The third-order valence-electron chi connectivity index (χ3n) is 4.61. The van der Waals surface area contributed by atoms with Crippen LogP contribution < -0.4 is 4.74 Å². The van der Waals surface area contributed by atoms with Gasteiger partial charge in [0, 0.05) is 29.0 Å². The molecule has 0 saturated heterocycles. The van der Waals surface area contributed by atoms with Crippen molar-refractivity contribution in [3.8, 4) is 5.75 Å². The molecule has 26 heavy (non-hydrogen) atoms. The Morgan fingerprint density at radius 3 is 2.85 bits per heavy atom. The molecule has 8 heteroatoms. The van der Waals surface area contributed by atoms with Gasteiger partial charge in [-0.25, -0.2) is 9.37 Å². The summed E-state index contributed by atoms with van der Waals surface area (Å²) in [6.07, 6.45) is 4.35. The highest BCUT2D eigenvalue weighted by Gasteiger charge is 2.38. The molecule has 0 amide bonds. The second-order valence-electron chi connectivity index (χ2n) is 6.01. The number of fused-ring (bicyclic) bond motifs is 3. The Hall–Kier alpha value is -1.67. The first kappa shape index (κ1) is 17.7. The van der Waals surface area contributed by atoms with Crippen LogP contribution in [0.2, 0.25) is 0 Å². The molecule has 136 valence electrons. The SMILES string of the molecule is CS[C@@H]1CC(c2ccccc2OC(F)F)c2c1nc1cc(F)c(Br)cn21. The molecule has 0 saturated carbocycles. The predicted molar refractivity (Wildman–Crippen MR) is 98.6 cm³/mol. The van der Waals surface area contributed by atoms with Crippen molar-refractivity contribution in [1.82, 2.24) is 9.38 Å². The maximum Gasteiger partial charge on any atom is 0.387 e. The molecule has 3 aromatic rings. The van der Waals surface area contributed by atoms with Crippen molar-refractivity contribution >= 4 is 33.3 Å². The maximum atomic E-state index is 13.9. The molecule has 2 aromatic heterocycles. The van der Waals surface area contributed by atoms with Crippen LogP contribution in [0.5, 0.6) is 5.75 Å². The van der Waals surface area contributed by atoms with Crippen molar-refractivity contribution < 1.29 is 17.9 Å². The number of halogens is 4. The zero-order valence-electron chi connectivity index (χ0n) is 13.6.